The molecule has 0 bridgehead atoms. The van der Waals surface area contributed by atoms with E-state index in [0.717, 1.165) is 0 Å². The Morgan fingerprint density at radius 3 is 1.60 bits per heavy atom. The van der Waals surface area contributed by atoms with Crippen LogP contribution in [0.25, 0.3) is 0 Å². The van der Waals surface area contributed by atoms with Crippen LogP contribution in [-0.2, 0) is 28.9 Å². The van der Waals surface area contributed by atoms with Crippen molar-refractivity contribution in [3.05, 3.63) is 77.9 Å². The molecule has 0 amide bonds. The molecule has 20 nitrogen and oxygen atoms in total. The molecule has 0 spiro atoms. The van der Waals surface area contributed by atoms with Gasteiger partial charge in [-0.3, -0.25) is 19.2 Å². The number of hydrogen-bond donors (Lipinski definition) is 0. The maximum atomic E-state index is 13.4. The third-order valence-corrected chi connectivity index (χ3v) is 6.81. The Kier molecular flexibility index (Phi) is 15.1. The standard InChI is InChI=1S/C30H33N3O17/c34-23-19-24(20-10-12-21(13-11-20)47-27(35)7-1-4-14-44-31(38)39)49-25-17-22(48-28(36)8-2-5-15-45-32(40)41)18-26(30(23)25)50-29(37)9-3-6-16-46-33(42)43/h10-13,17-18,24H,1-9,14-16,19H2. The molecule has 0 aromatic heterocycles. The molecule has 3 rings (SSSR count). The van der Waals surface area contributed by atoms with E-state index in [1.165, 1.54) is 24.3 Å². The highest BCUT2D eigenvalue weighted by molar-refractivity contribution is 6.03. The lowest BCUT2D eigenvalue weighted by Gasteiger charge is -2.27. The zero-order chi connectivity index (χ0) is 36.5. The number of rotatable bonds is 22. The van der Waals surface area contributed by atoms with Crippen molar-refractivity contribution in [2.45, 2.75) is 70.3 Å². The van der Waals surface area contributed by atoms with Crippen molar-refractivity contribution in [1.82, 2.24) is 0 Å². The minimum Gasteiger partial charge on any atom is -0.484 e. The summed E-state index contributed by atoms with van der Waals surface area (Å²) in [5, 5.41) is 28.0. The summed E-state index contributed by atoms with van der Waals surface area (Å²) < 4.78 is 22.2. The summed E-state index contributed by atoms with van der Waals surface area (Å²) in [6.07, 6.45) is 0.0726. The van der Waals surface area contributed by atoms with Crippen LogP contribution in [-0.4, -0.2) is 58.8 Å². The first kappa shape index (κ1) is 38.4. The van der Waals surface area contributed by atoms with E-state index in [2.05, 4.69) is 14.5 Å². The van der Waals surface area contributed by atoms with Crippen LogP contribution in [0.5, 0.6) is 23.0 Å². The van der Waals surface area contributed by atoms with Crippen molar-refractivity contribution in [3.63, 3.8) is 0 Å². The highest BCUT2D eigenvalue weighted by Gasteiger charge is 2.33. The monoisotopic (exact) mass is 707 g/mol. The Hall–Kier alpha value is -6.08. The molecular weight excluding hydrogens is 674 g/mol. The van der Waals surface area contributed by atoms with Crippen molar-refractivity contribution >= 4 is 23.7 Å². The Balaban J connectivity index is 1.70. The number of ketones is 1. The van der Waals surface area contributed by atoms with Crippen LogP contribution < -0.4 is 18.9 Å². The van der Waals surface area contributed by atoms with Gasteiger partial charge in [0.25, 0.3) is 15.3 Å². The van der Waals surface area contributed by atoms with E-state index in [0.29, 0.717) is 12.0 Å². The van der Waals surface area contributed by atoms with Crippen LogP contribution in [0.1, 0.15) is 86.2 Å². The summed E-state index contributed by atoms with van der Waals surface area (Å²) in [6.45, 7) is -0.568. The van der Waals surface area contributed by atoms with Crippen molar-refractivity contribution in [3.8, 4) is 23.0 Å². The number of carbonyl (C=O) groups excluding carboxylic acids is 4. The number of ether oxygens (including phenoxy) is 4. The summed E-state index contributed by atoms with van der Waals surface area (Å²) in [5.74, 6) is -2.69. The Morgan fingerprint density at radius 2 is 1.12 bits per heavy atom. The molecule has 50 heavy (non-hydrogen) atoms. The molecule has 1 atom stereocenters. The van der Waals surface area contributed by atoms with Gasteiger partial charge in [-0.2, -0.15) is 0 Å². The summed E-state index contributed by atoms with van der Waals surface area (Å²) in [5.41, 5.74) is 0.452. The van der Waals surface area contributed by atoms with Gasteiger partial charge in [-0.1, -0.05) is 12.1 Å². The maximum absolute atomic E-state index is 13.4. The molecule has 0 aliphatic carbocycles. The second-order valence-corrected chi connectivity index (χ2v) is 10.6. The summed E-state index contributed by atoms with van der Waals surface area (Å²) in [7, 11) is 0. The van der Waals surface area contributed by atoms with Crippen LogP contribution in [0.15, 0.2) is 36.4 Å². The highest BCUT2D eigenvalue weighted by atomic mass is 17.0. The molecule has 1 unspecified atom stereocenters. The molecule has 2 aromatic rings. The fraction of sp³-hybridized carbons (Fsp3) is 0.467. The molecule has 0 N–H and O–H groups in total. The number of nitrogens with zero attached hydrogens (tertiary/aromatic N) is 3. The van der Waals surface area contributed by atoms with Crippen molar-refractivity contribution in [2.24, 2.45) is 0 Å². The number of Topliss-reactive ketones (excluding diaryl/α,β-unsaturated/α-hetero) is 1. The molecule has 0 radical (unpaired) electrons. The van der Waals surface area contributed by atoms with Gasteiger partial charge < -0.3 is 33.5 Å². The van der Waals surface area contributed by atoms with E-state index in [-0.39, 0.29) is 106 Å². The topological polar surface area (TPSA) is 262 Å². The highest BCUT2D eigenvalue weighted by Crippen LogP contribution is 2.43. The third kappa shape index (κ3) is 13.6. The lowest BCUT2D eigenvalue weighted by molar-refractivity contribution is -0.757. The number of benzene rings is 2. The van der Waals surface area contributed by atoms with Crippen LogP contribution >= 0.6 is 0 Å². The largest absolute Gasteiger partial charge is 0.484 e. The molecule has 20 heteroatoms. The minimum absolute atomic E-state index is 0.00564. The lowest BCUT2D eigenvalue weighted by Crippen LogP contribution is -2.22. The Labute approximate surface area is 282 Å². The van der Waals surface area contributed by atoms with Gasteiger partial charge in [0, 0.05) is 31.4 Å². The molecule has 0 saturated carbocycles. The van der Waals surface area contributed by atoms with Crippen LogP contribution in [0, 0.1) is 30.3 Å². The lowest BCUT2D eigenvalue weighted by atomic mass is 9.95. The van der Waals surface area contributed by atoms with Gasteiger partial charge in [0.05, 0.1) is 26.2 Å². The number of carbonyl (C=O) groups is 4. The molecule has 0 fully saturated rings. The minimum atomic E-state index is -0.953. The quantitative estimate of drug-likeness (QED) is 0.0544. The first-order valence-electron chi connectivity index (χ1n) is 15.3. The van der Waals surface area contributed by atoms with Gasteiger partial charge in [0.2, 0.25) is 0 Å². The average Bonchev–Trinajstić information content (AvgIpc) is 3.03. The van der Waals surface area contributed by atoms with Gasteiger partial charge in [0.1, 0.15) is 34.7 Å². The fourth-order valence-electron chi connectivity index (χ4n) is 4.54. The second-order valence-electron chi connectivity index (χ2n) is 10.6. The van der Waals surface area contributed by atoms with E-state index >= 15 is 0 Å². The summed E-state index contributed by atoms with van der Waals surface area (Å²) >= 11 is 0. The van der Waals surface area contributed by atoms with Gasteiger partial charge in [-0.05, 0) is 56.2 Å². The molecule has 1 aliphatic rings. The first-order valence-corrected chi connectivity index (χ1v) is 15.3. The second kappa shape index (κ2) is 19.7. The number of hydrogen-bond acceptors (Lipinski definition) is 17. The molecule has 1 aliphatic heterocycles. The van der Waals surface area contributed by atoms with Crippen LogP contribution in [0.3, 0.4) is 0 Å². The molecular formula is C30H33N3O17. The number of esters is 3. The Bertz CT molecular complexity index is 1550. The van der Waals surface area contributed by atoms with Crippen LogP contribution in [0.2, 0.25) is 0 Å². The van der Waals surface area contributed by atoms with Crippen molar-refractivity contribution in [2.75, 3.05) is 19.8 Å². The molecule has 1 heterocycles. The zero-order valence-corrected chi connectivity index (χ0v) is 26.5. The van der Waals surface area contributed by atoms with E-state index in [9.17, 15) is 49.5 Å². The van der Waals surface area contributed by atoms with Crippen LogP contribution in [0.4, 0.5) is 0 Å². The SMILES string of the molecule is O=C(CCCCO[N+](=O)[O-])Oc1ccc(C2CC(=O)c3c(OC(=O)CCCCO[N+](=O)[O-])cc(OC(=O)CCCCO[N+](=O)[O-])cc3O2)cc1. The van der Waals surface area contributed by atoms with Gasteiger partial charge in [0.15, 0.2) is 5.78 Å². The van der Waals surface area contributed by atoms with Gasteiger partial charge in [-0.25, -0.2) is 0 Å². The van der Waals surface area contributed by atoms with Crippen molar-refractivity contribution in [1.29, 1.82) is 0 Å². The summed E-state index contributed by atoms with van der Waals surface area (Å²) in [6, 6.07) is 8.60. The van der Waals surface area contributed by atoms with E-state index in [1.807, 2.05) is 0 Å². The third-order valence-electron chi connectivity index (χ3n) is 6.81. The normalized spacial score (nSPS) is 13.2. The molecule has 270 valence electrons. The predicted octanol–water partition coefficient (Wildman–Crippen LogP) is 4.25. The summed E-state index contributed by atoms with van der Waals surface area (Å²) in [4.78, 5) is 94.0. The van der Waals surface area contributed by atoms with E-state index in [1.54, 1.807) is 12.1 Å². The van der Waals surface area contributed by atoms with E-state index in [4.69, 9.17) is 18.9 Å². The average molecular weight is 708 g/mol. The smallest absolute Gasteiger partial charge is 0.311 e. The Morgan fingerprint density at radius 1 is 0.660 bits per heavy atom. The molecule has 0 saturated heterocycles. The molecule has 2 aromatic carbocycles. The van der Waals surface area contributed by atoms with Gasteiger partial charge >= 0.3 is 17.9 Å². The van der Waals surface area contributed by atoms with Crippen molar-refractivity contribution < 1.29 is 67.9 Å². The zero-order valence-electron chi connectivity index (χ0n) is 26.5. The first-order chi connectivity index (χ1) is 23.9. The maximum Gasteiger partial charge on any atom is 0.311 e. The van der Waals surface area contributed by atoms with Gasteiger partial charge in [-0.15, -0.1) is 30.3 Å². The fourth-order valence-corrected chi connectivity index (χ4v) is 4.54. The van der Waals surface area contributed by atoms with E-state index < -0.39 is 45.1 Å². The number of unbranched alkanes of at least 4 members (excludes halogenated alkanes) is 3. The number of fused-ring (bicyclic) bond motifs is 1. The predicted molar refractivity (Wildman–Crippen MR) is 162 cm³/mol.